The van der Waals surface area contributed by atoms with Crippen molar-refractivity contribution < 1.29 is 23.9 Å². The van der Waals surface area contributed by atoms with Crippen LogP contribution in [0.1, 0.15) is 48.0 Å². The molecule has 0 radical (unpaired) electrons. The number of hydrazine groups is 1. The number of hydrogen-bond acceptors (Lipinski definition) is 5. The first kappa shape index (κ1) is 16.6. The van der Waals surface area contributed by atoms with Gasteiger partial charge in [0.2, 0.25) is 0 Å². The number of amides is 4. The molecule has 1 aliphatic carbocycles. The minimum Gasteiger partial charge on any atom is -0.448 e. The molecule has 0 aromatic heterocycles. The van der Waals surface area contributed by atoms with E-state index in [9.17, 15) is 19.2 Å². The summed E-state index contributed by atoms with van der Waals surface area (Å²) in [5.74, 6) is -1.73. The maximum Gasteiger partial charge on any atom is 0.344 e. The number of imide groups is 1. The van der Waals surface area contributed by atoms with Crippen molar-refractivity contribution in [2.75, 3.05) is 0 Å². The molecule has 4 amide bonds. The summed E-state index contributed by atoms with van der Waals surface area (Å²) in [6.07, 6.45) is 2.97. The van der Waals surface area contributed by atoms with Crippen LogP contribution in [-0.2, 0) is 20.7 Å². The second-order valence-corrected chi connectivity index (χ2v) is 6.94. The molecule has 1 saturated heterocycles. The number of carbonyl (C=O) groups excluding carboxylic acids is 4. The number of fused-ring (bicyclic) bond motifs is 1. The van der Waals surface area contributed by atoms with Crippen molar-refractivity contribution >= 4 is 23.8 Å². The zero-order valence-corrected chi connectivity index (χ0v) is 14.1. The molecular formula is C18H19N3O5. The summed E-state index contributed by atoms with van der Waals surface area (Å²) in [6.45, 7) is 0. The highest BCUT2D eigenvalue weighted by molar-refractivity contribution is 6.08. The second kappa shape index (κ2) is 6.12. The first-order valence-corrected chi connectivity index (χ1v) is 8.76. The van der Waals surface area contributed by atoms with E-state index >= 15 is 0 Å². The SMILES string of the molecule is O=C1OC(C(=O)NN2C(=O)NC3(CCCCC3)C2=O)Cc2ccccc21. The second-order valence-electron chi connectivity index (χ2n) is 6.94. The molecule has 8 heteroatoms. The normalized spacial score (nSPS) is 24.1. The van der Waals surface area contributed by atoms with Gasteiger partial charge in [-0.25, -0.2) is 9.59 Å². The largest absolute Gasteiger partial charge is 0.448 e. The van der Waals surface area contributed by atoms with Gasteiger partial charge in [-0.2, -0.15) is 5.01 Å². The molecule has 3 aliphatic rings. The Morgan fingerprint density at radius 2 is 1.88 bits per heavy atom. The van der Waals surface area contributed by atoms with Crippen LogP contribution in [0.4, 0.5) is 4.79 Å². The Balaban J connectivity index is 1.48. The molecule has 1 atom stereocenters. The number of nitrogens with zero attached hydrogens (tertiary/aromatic N) is 1. The van der Waals surface area contributed by atoms with Gasteiger partial charge in [0.05, 0.1) is 5.56 Å². The van der Waals surface area contributed by atoms with E-state index in [0.717, 1.165) is 24.3 Å². The lowest BCUT2D eigenvalue weighted by Crippen LogP contribution is -2.54. The fraction of sp³-hybridized carbons (Fsp3) is 0.444. The lowest BCUT2D eigenvalue weighted by Gasteiger charge is -2.30. The highest BCUT2D eigenvalue weighted by Crippen LogP contribution is 2.33. The van der Waals surface area contributed by atoms with Crippen LogP contribution in [-0.4, -0.2) is 40.5 Å². The first-order chi connectivity index (χ1) is 12.5. The molecular weight excluding hydrogens is 338 g/mol. The van der Waals surface area contributed by atoms with Crippen LogP contribution in [0.2, 0.25) is 0 Å². The van der Waals surface area contributed by atoms with Gasteiger partial charge in [0.25, 0.3) is 11.8 Å². The summed E-state index contributed by atoms with van der Waals surface area (Å²) in [5, 5.41) is 3.44. The Morgan fingerprint density at radius 3 is 2.65 bits per heavy atom. The average molecular weight is 357 g/mol. The lowest BCUT2D eigenvalue weighted by molar-refractivity contribution is -0.143. The number of ether oxygens (including phenoxy) is 1. The highest BCUT2D eigenvalue weighted by atomic mass is 16.5. The standard InChI is InChI=1S/C18H19N3O5/c22-14(13-10-11-6-2-3-7-12(11)15(23)26-13)20-21-16(24)18(19-17(21)25)8-4-1-5-9-18/h2-3,6-7,13H,1,4-5,8-10H2,(H,19,25)(H,20,22). The van der Waals surface area contributed by atoms with E-state index in [-0.39, 0.29) is 6.42 Å². The maximum absolute atomic E-state index is 12.7. The third-order valence-electron chi connectivity index (χ3n) is 5.28. The monoisotopic (exact) mass is 357 g/mol. The van der Waals surface area contributed by atoms with Crippen LogP contribution in [0.15, 0.2) is 24.3 Å². The predicted octanol–water partition coefficient (Wildman–Crippen LogP) is 1.05. The first-order valence-electron chi connectivity index (χ1n) is 8.76. The van der Waals surface area contributed by atoms with Crippen molar-refractivity contribution in [3.05, 3.63) is 35.4 Å². The predicted molar refractivity (Wildman–Crippen MR) is 88.7 cm³/mol. The molecule has 136 valence electrons. The number of rotatable bonds is 2. The molecule has 2 fully saturated rings. The van der Waals surface area contributed by atoms with Crippen molar-refractivity contribution in [2.45, 2.75) is 50.2 Å². The van der Waals surface area contributed by atoms with Crippen LogP contribution < -0.4 is 10.7 Å². The van der Waals surface area contributed by atoms with Crippen LogP contribution in [0.5, 0.6) is 0 Å². The van der Waals surface area contributed by atoms with Gasteiger partial charge in [-0.3, -0.25) is 15.0 Å². The molecule has 2 aliphatic heterocycles. The quantitative estimate of drug-likeness (QED) is 0.608. The van der Waals surface area contributed by atoms with Crippen molar-refractivity contribution in [2.24, 2.45) is 0 Å². The van der Waals surface area contributed by atoms with Crippen molar-refractivity contribution in [3.63, 3.8) is 0 Å². The average Bonchev–Trinajstić information content (AvgIpc) is 2.86. The smallest absolute Gasteiger partial charge is 0.344 e. The Hall–Kier alpha value is -2.90. The van der Waals surface area contributed by atoms with E-state index in [1.807, 2.05) is 0 Å². The van der Waals surface area contributed by atoms with Gasteiger partial charge in [-0.1, -0.05) is 37.5 Å². The van der Waals surface area contributed by atoms with Crippen molar-refractivity contribution in [1.82, 2.24) is 15.8 Å². The van der Waals surface area contributed by atoms with Gasteiger partial charge >= 0.3 is 12.0 Å². The zero-order chi connectivity index (χ0) is 18.3. The minimum absolute atomic E-state index is 0.197. The molecule has 1 aromatic rings. The van der Waals surface area contributed by atoms with Gasteiger partial charge in [-0.15, -0.1) is 0 Å². The van der Waals surface area contributed by atoms with Gasteiger partial charge in [0.15, 0.2) is 6.10 Å². The minimum atomic E-state index is -1.08. The van der Waals surface area contributed by atoms with E-state index in [4.69, 9.17) is 4.74 Å². The van der Waals surface area contributed by atoms with E-state index in [2.05, 4.69) is 10.7 Å². The van der Waals surface area contributed by atoms with Crippen LogP contribution in [0.3, 0.4) is 0 Å². The van der Waals surface area contributed by atoms with Crippen molar-refractivity contribution in [1.29, 1.82) is 0 Å². The summed E-state index contributed by atoms with van der Waals surface area (Å²) < 4.78 is 5.17. The molecule has 1 saturated carbocycles. The number of nitrogens with one attached hydrogen (secondary N) is 2. The van der Waals surface area contributed by atoms with Gasteiger partial charge in [0.1, 0.15) is 5.54 Å². The number of urea groups is 1. The molecule has 0 bridgehead atoms. The Kier molecular flexibility index (Phi) is 3.90. The molecule has 1 aromatic carbocycles. The zero-order valence-electron chi connectivity index (χ0n) is 14.1. The number of esters is 1. The van der Waals surface area contributed by atoms with E-state index in [1.165, 1.54) is 0 Å². The molecule has 2 N–H and O–H groups in total. The highest BCUT2D eigenvalue weighted by Gasteiger charge is 2.52. The van der Waals surface area contributed by atoms with Crippen LogP contribution >= 0.6 is 0 Å². The summed E-state index contributed by atoms with van der Waals surface area (Å²) in [5.41, 5.74) is 2.53. The Bertz CT molecular complexity index is 800. The number of cyclic esters (lactones) is 1. The number of hydrogen-bond donors (Lipinski definition) is 2. The summed E-state index contributed by atoms with van der Waals surface area (Å²) >= 11 is 0. The molecule has 4 rings (SSSR count). The Morgan fingerprint density at radius 1 is 1.15 bits per heavy atom. The third kappa shape index (κ3) is 2.61. The third-order valence-corrected chi connectivity index (χ3v) is 5.28. The van der Waals surface area contributed by atoms with Crippen molar-refractivity contribution in [3.8, 4) is 0 Å². The molecule has 1 unspecified atom stereocenters. The molecule has 26 heavy (non-hydrogen) atoms. The van der Waals surface area contributed by atoms with Gasteiger partial charge in [-0.05, 0) is 24.5 Å². The van der Waals surface area contributed by atoms with E-state index in [1.54, 1.807) is 24.3 Å². The molecule has 8 nitrogen and oxygen atoms in total. The summed E-state index contributed by atoms with van der Waals surface area (Å²) in [6, 6.07) is 6.23. The van der Waals surface area contributed by atoms with E-state index in [0.29, 0.717) is 24.0 Å². The van der Waals surface area contributed by atoms with E-state index < -0.39 is 35.5 Å². The number of benzene rings is 1. The maximum atomic E-state index is 12.7. The lowest BCUT2D eigenvalue weighted by atomic mass is 9.82. The fourth-order valence-electron chi connectivity index (χ4n) is 3.88. The molecule has 2 heterocycles. The van der Waals surface area contributed by atoms with Gasteiger partial charge in [0, 0.05) is 6.42 Å². The topological polar surface area (TPSA) is 105 Å². The summed E-state index contributed by atoms with van der Waals surface area (Å²) in [7, 11) is 0. The Labute approximate surface area is 149 Å². The summed E-state index contributed by atoms with van der Waals surface area (Å²) in [4.78, 5) is 49.5. The molecule has 1 spiro atoms. The van der Waals surface area contributed by atoms with Crippen LogP contribution in [0.25, 0.3) is 0 Å². The van der Waals surface area contributed by atoms with Gasteiger partial charge < -0.3 is 10.1 Å². The van der Waals surface area contributed by atoms with Crippen LogP contribution in [0, 0.1) is 0 Å². The fourth-order valence-corrected chi connectivity index (χ4v) is 3.88. The number of carbonyl (C=O) groups is 4.